The van der Waals surface area contributed by atoms with E-state index in [0.717, 1.165) is 48.8 Å². The first-order chi connectivity index (χ1) is 30.2. The minimum absolute atomic E-state index is 0.0442. The van der Waals surface area contributed by atoms with Crippen LogP contribution >= 0.6 is 0 Å². The number of hydrogen-bond donors (Lipinski definition) is 6. The van der Waals surface area contributed by atoms with E-state index in [2.05, 4.69) is 39.7 Å². The maximum absolute atomic E-state index is 13.9. The Hall–Kier alpha value is -6.81. The number of likely N-dealkylation sites (N-methyl/N-ethyl adjacent to an activating group) is 1. The maximum atomic E-state index is 13.9. The molecule has 6 aromatic rings. The van der Waals surface area contributed by atoms with Gasteiger partial charge < -0.3 is 31.6 Å². The molecule has 0 saturated carbocycles. The predicted molar refractivity (Wildman–Crippen MR) is 248 cm³/mol. The fourth-order valence-corrected chi connectivity index (χ4v) is 8.02. The van der Waals surface area contributed by atoms with Gasteiger partial charge in [-0.25, -0.2) is 18.4 Å². The third-order valence-electron chi connectivity index (χ3n) is 11.1. The molecule has 0 radical (unpaired) electrons. The minimum Gasteiger partial charge on any atom is -0.366 e. The Bertz CT molecular complexity index is 2660. The van der Waals surface area contributed by atoms with Crippen molar-refractivity contribution in [3.63, 3.8) is 0 Å². The molecule has 5 amide bonds. The Morgan fingerprint density at radius 1 is 0.683 bits per heavy atom. The van der Waals surface area contributed by atoms with Crippen molar-refractivity contribution in [1.29, 1.82) is 0 Å². The molecule has 0 saturated heterocycles. The smallest absolute Gasteiger partial charge is 0.321 e. The highest BCUT2D eigenvalue weighted by Gasteiger charge is 2.23. The third-order valence-corrected chi connectivity index (χ3v) is 12.0. The zero-order chi connectivity index (χ0) is 45.1. The first-order valence-electron chi connectivity index (χ1n) is 20.9. The van der Waals surface area contributed by atoms with Crippen LogP contribution in [-0.4, -0.2) is 73.1 Å². The van der Waals surface area contributed by atoms with Crippen LogP contribution in [0.4, 0.5) is 22.0 Å². The highest BCUT2D eigenvalue weighted by Crippen LogP contribution is 2.28. The van der Waals surface area contributed by atoms with Crippen LogP contribution in [-0.2, 0) is 29.4 Å². The molecule has 0 aliphatic rings. The minimum atomic E-state index is -3.85. The van der Waals surface area contributed by atoms with Crippen molar-refractivity contribution < 1.29 is 27.6 Å². The molecule has 0 bridgehead atoms. The van der Waals surface area contributed by atoms with Gasteiger partial charge in [-0.1, -0.05) is 68.4 Å². The Kier molecular flexibility index (Phi) is 15.1. The lowest BCUT2D eigenvalue weighted by atomic mass is 10.0. The lowest BCUT2D eigenvalue weighted by molar-refractivity contribution is 0.0995. The number of nitrogens with two attached hydrogens (primary N) is 2. The number of anilines is 3. The first-order valence-corrected chi connectivity index (χ1v) is 22.5. The topological polar surface area (TPSA) is 213 Å². The summed E-state index contributed by atoms with van der Waals surface area (Å²) >= 11 is 0. The highest BCUT2D eigenvalue weighted by molar-refractivity contribution is 7.89. The van der Waals surface area contributed by atoms with E-state index in [4.69, 9.17) is 10.9 Å². The molecule has 0 aliphatic carbocycles. The number of carbonyl (C=O) groups excluding carboxylic acids is 4. The summed E-state index contributed by atoms with van der Waals surface area (Å²) in [6.45, 7) is 5.74. The number of carbonyl (C=O) groups is 4. The first kappa shape index (κ1) is 45.7. The van der Waals surface area contributed by atoms with E-state index in [1.54, 1.807) is 30.1 Å². The van der Waals surface area contributed by atoms with Crippen molar-refractivity contribution in [2.24, 2.45) is 10.9 Å². The van der Waals surface area contributed by atoms with Crippen LogP contribution in [0, 0.1) is 0 Å². The second-order valence-electron chi connectivity index (χ2n) is 15.5. The summed E-state index contributed by atoms with van der Waals surface area (Å²) in [6, 6.07) is 35.3. The number of amides is 5. The fourth-order valence-electron chi connectivity index (χ4n) is 7.51. The number of nitrogens with zero attached hydrogens (tertiary/aromatic N) is 2. The second kappa shape index (κ2) is 20.8. The number of nitrogens with one attached hydrogen (secondary N) is 4. The molecular weight excluding hydrogens is 817 g/mol. The van der Waals surface area contributed by atoms with Crippen molar-refractivity contribution in [2.45, 2.75) is 63.4 Å². The Balaban J connectivity index is 1.08. The van der Waals surface area contributed by atoms with Crippen LogP contribution in [0.5, 0.6) is 0 Å². The van der Waals surface area contributed by atoms with E-state index in [0.29, 0.717) is 58.6 Å². The molecule has 15 heteroatoms. The molecule has 5 aromatic carbocycles. The number of fused-ring (bicyclic) bond motifs is 1. The van der Waals surface area contributed by atoms with E-state index >= 15 is 0 Å². The van der Waals surface area contributed by atoms with Gasteiger partial charge in [-0.3, -0.25) is 19.3 Å². The summed E-state index contributed by atoms with van der Waals surface area (Å²) in [5, 5.41) is 14.6. The SMILES string of the molecule is CCC(CC)N(CCN(C)C(=O)Nc1ccc(S(N)(=O)=O)cc1)Cc1cccc(C(=O)Nc2[nH]c3ccccc3c2C(=O)Nc2ccc(CCCc3ccc(C(N)=O)cc3)cc2)c1. The van der Waals surface area contributed by atoms with Crippen LogP contribution in [0.25, 0.3) is 10.9 Å². The summed E-state index contributed by atoms with van der Waals surface area (Å²) in [4.78, 5) is 59.3. The van der Waals surface area contributed by atoms with E-state index in [-0.39, 0.29) is 34.6 Å². The van der Waals surface area contributed by atoms with Crippen molar-refractivity contribution in [1.82, 2.24) is 14.8 Å². The van der Waals surface area contributed by atoms with Crippen LogP contribution < -0.4 is 26.8 Å². The number of hydrogen-bond acceptors (Lipinski definition) is 7. The van der Waals surface area contributed by atoms with Gasteiger partial charge in [0.05, 0.1) is 10.5 Å². The predicted octanol–water partition coefficient (Wildman–Crippen LogP) is 7.75. The summed E-state index contributed by atoms with van der Waals surface area (Å²) in [5.74, 6) is -0.915. The number of primary sulfonamides is 1. The van der Waals surface area contributed by atoms with Gasteiger partial charge in [0.2, 0.25) is 15.9 Å². The number of aromatic amines is 1. The zero-order valence-corrected chi connectivity index (χ0v) is 36.5. The van der Waals surface area contributed by atoms with E-state index in [1.165, 1.54) is 24.3 Å². The number of benzene rings is 5. The number of aryl methyl sites for hydroxylation is 2. The molecule has 0 aliphatic heterocycles. The summed E-state index contributed by atoms with van der Waals surface area (Å²) in [6.07, 6.45) is 4.36. The molecule has 1 aromatic heterocycles. The van der Waals surface area contributed by atoms with Crippen LogP contribution in [0.2, 0.25) is 0 Å². The number of sulfonamides is 1. The lowest BCUT2D eigenvalue weighted by Gasteiger charge is -2.32. The number of aromatic nitrogens is 1. The normalized spacial score (nSPS) is 11.5. The van der Waals surface area contributed by atoms with Crippen molar-refractivity contribution >= 4 is 61.9 Å². The number of para-hydroxylation sites is 1. The number of urea groups is 1. The van der Waals surface area contributed by atoms with Crippen molar-refractivity contribution in [3.8, 4) is 0 Å². The highest BCUT2D eigenvalue weighted by atomic mass is 32.2. The molecule has 63 heavy (non-hydrogen) atoms. The molecule has 1 heterocycles. The quantitative estimate of drug-likeness (QED) is 0.0476. The van der Waals surface area contributed by atoms with Gasteiger partial charge in [0, 0.05) is 66.1 Å². The summed E-state index contributed by atoms with van der Waals surface area (Å²) < 4.78 is 23.2. The van der Waals surface area contributed by atoms with Gasteiger partial charge in [0.15, 0.2) is 0 Å². The second-order valence-corrected chi connectivity index (χ2v) is 17.1. The van der Waals surface area contributed by atoms with Gasteiger partial charge in [-0.15, -0.1) is 0 Å². The van der Waals surface area contributed by atoms with Gasteiger partial charge in [-0.05, 0) is 116 Å². The van der Waals surface area contributed by atoms with Gasteiger partial charge in [-0.2, -0.15) is 0 Å². The van der Waals surface area contributed by atoms with Crippen molar-refractivity contribution in [3.05, 3.63) is 155 Å². The number of primary amides is 1. The average molecular weight is 871 g/mol. The molecule has 0 unspecified atom stereocenters. The number of rotatable bonds is 19. The molecule has 8 N–H and O–H groups in total. The van der Waals surface area contributed by atoms with Gasteiger partial charge in [0.1, 0.15) is 5.82 Å². The molecule has 328 valence electrons. The third kappa shape index (κ3) is 12.2. The zero-order valence-electron chi connectivity index (χ0n) is 35.7. The van der Waals surface area contributed by atoms with Crippen LogP contribution in [0.1, 0.15) is 80.9 Å². The van der Waals surface area contributed by atoms with Gasteiger partial charge >= 0.3 is 6.03 Å². The van der Waals surface area contributed by atoms with E-state index in [1.807, 2.05) is 78.9 Å². The average Bonchev–Trinajstić information content (AvgIpc) is 3.64. The Morgan fingerprint density at radius 2 is 1.30 bits per heavy atom. The summed E-state index contributed by atoms with van der Waals surface area (Å²) in [5.41, 5.74) is 11.5. The van der Waals surface area contributed by atoms with Crippen molar-refractivity contribution in [2.75, 3.05) is 36.1 Å². The van der Waals surface area contributed by atoms with E-state index in [9.17, 15) is 27.6 Å². The molecule has 14 nitrogen and oxygen atoms in total. The largest absolute Gasteiger partial charge is 0.366 e. The van der Waals surface area contributed by atoms with Crippen LogP contribution in [0.15, 0.2) is 126 Å². The molecule has 6 rings (SSSR count). The Morgan fingerprint density at radius 3 is 1.94 bits per heavy atom. The monoisotopic (exact) mass is 870 g/mol. The standard InChI is InChI=1S/C48H54N8O6S/c1-4-39(5-2)56(29-28-55(3)48(60)52-38-24-26-40(27-25-38)63(50,61)62)31-34-12-9-13-36(30-34)46(58)54-45-43(41-14-6-7-15-42(41)53-45)47(59)51-37-22-18-33(19-23-37)11-8-10-32-16-20-35(21-17-32)44(49)57/h6-7,9,12-27,30,39,53H,4-5,8,10-11,28-29,31H2,1-3H3,(H2,49,57)(H,51,59)(H,52,60)(H,54,58)(H2,50,61,62). The lowest BCUT2D eigenvalue weighted by Crippen LogP contribution is -2.42. The van der Waals surface area contributed by atoms with Gasteiger partial charge in [0.25, 0.3) is 11.8 Å². The molecule has 0 atom stereocenters. The molecular formula is C48H54N8O6S. The summed E-state index contributed by atoms with van der Waals surface area (Å²) in [7, 11) is -2.15. The fraction of sp³-hybridized carbons (Fsp3) is 0.250. The molecule has 0 spiro atoms. The van der Waals surface area contributed by atoms with Crippen LogP contribution in [0.3, 0.4) is 0 Å². The maximum Gasteiger partial charge on any atom is 0.321 e. The van der Waals surface area contributed by atoms with E-state index < -0.39 is 15.9 Å². The Labute approximate surface area is 368 Å². The number of H-pyrrole nitrogens is 1. The molecule has 0 fully saturated rings.